The Kier molecular flexibility index (Phi) is 4.79. The summed E-state index contributed by atoms with van der Waals surface area (Å²) in [5, 5.41) is 3.58. The molecule has 1 heterocycles. The first-order valence-corrected chi connectivity index (χ1v) is 7.20. The highest BCUT2D eigenvalue weighted by molar-refractivity contribution is 5.25. The van der Waals surface area contributed by atoms with Gasteiger partial charge >= 0.3 is 0 Å². The van der Waals surface area contributed by atoms with Crippen molar-refractivity contribution in [2.75, 3.05) is 26.7 Å². The zero-order valence-corrected chi connectivity index (χ0v) is 11.9. The van der Waals surface area contributed by atoms with Gasteiger partial charge in [-0.15, -0.1) is 0 Å². The van der Waals surface area contributed by atoms with E-state index in [2.05, 4.69) is 55.4 Å². The fraction of sp³-hybridized carbons (Fsp3) is 0.625. The molecule has 0 bridgehead atoms. The molecule has 0 aromatic heterocycles. The second kappa shape index (κ2) is 6.35. The Hall–Kier alpha value is -0.860. The number of nitrogens with one attached hydrogen (secondary N) is 1. The van der Waals surface area contributed by atoms with Gasteiger partial charge in [0.25, 0.3) is 0 Å². The maximum Gasteiger partial charge on any atom is 0.0385 e. The van der Waals surface area contributed by atoms with Gasteiger partial charge in [-0.05, 0) is 57.9 Å². The van der Waals surface area contributed by atoms with Crippen molar-refractivity contribution < 1.29 is 0 Å². The van der Waals surface area contributed by atoms with Gasteiger partial charge in [0.1, 0.15) is 0 Å². The predicted octanol–water partition coefficient (Wildman–Crippen LogP) is 2.99. The lowest BCUT2D eigenvalue weighted by molar-refractivity contribution is 0.272. The number of hydrogen-bond acceptors (Lipinski definition) is 2. The normalized spacial score (nSPS) is 24.6. The van der Waals surface area contributed by atoms with Crippen molar-refractivity contribution in [1.29, 1.82) is 0 Å². The van der Waals surface area contributed by atoms with Crippen molar-refractivity contribution in [3.8, 4) is 0 Å². The molecule has 1 saturated heterocycles. The van der Waals surface area contributed by atoms with Crippen LogP contribution >= 0.6 is 0 Å². The monoisotopic (exact) mass is 246 g/mol. The Bertz CT molecular complexity index is 358. The molecule has 0 amide bonds. The first kappa shape index (κ1) is 13.6. The van der Waals surface area contributed by atoms with Gasteiger partial charge in [0.2, 0.25) is 0 Å². The highest BCUT2D eigenvalue weighted by Gasteiger charge is 2.32. The fourth-order valence-corrected chi connectivity index (χ4v) is 2.99. The van der Waals surface area contributed by atoms with Gasteiger partial charge < -0.3 is 5.32 Å². The van der Waals surface area contributed by atoms with Crippen LogP contribution < -0.4 is 5.32 Å². The lowest BCUT2D eigenvalue weighted by Gasteiger charge is -2.26. The second-order valence-electron chi connectivity index (χ2n) is 5.59. The van der Waals surface area contributed by atoms with Gasteiger partial charge in [-0.3, -0.25) is 4.90 Å². The molecular weight excluding hydrogens is 220 g/mol. The number of benzene rings is 1. The van der Waals surface area contributed by atoms with Crippen molar-refractivity contribution in [2.24, 2.45) is 5.92 Å². The van der Waals surface area contributed by atoms with Crippen LogP contribution in [-0.2, 0) is 0 Å². The van der Waals surface area contributed by atoms with E-state index in [0.29, 0.717) is 6.04 Å². The number of likely N-dealkylation sites (tertiary alicyclic amines) is 1. The van der Waals surface area contributed by atoms with Crippen LogP contribution in [0.25, 0.3) is 0 Å². The molecule has 0 saturated carbocycles. The SMILES string of the molecule is CCCNCC1CCN(C)C1c1ccc(C)cc1. The Balaban J connectivity index is 2.04. The first-order chi connectivity index (χ1) is 8.72. The van der Waals surface area contributed by atoms with Crippen molar-refractivity contribution >= 4 is 0 Å². The molecule has 2 heteroatoms. The van der Waals surface area contributed by atoms with Gasteiger partial charge in [0.05, 0.1) is 0 Å². The Labute approximate surface area is 111 Å². The van der Waals surface area contributed by atoms with Crippen LogP contribution in [0, 0.1) is 12.8 Å². The third-order valence-corrected chi connectivity index (χ3v) is 4.03. The van der Waals surface area contributed by atoms with Crippen LogP contribution in [0.1, 0.15) is 36.9 Å². The summed E-state index contributed by atoms with van der Waals surface area (Å²) in [6.07, 6.45) is 2.53. The summed E-state index contributed by atoms with van der Waals surface area (Å²) in [7, 11) is 2.25. The highest BCUT2D eigenvalue weighted by atomic mass is 15.2. The van der Waals surface area contributed by atoms with Gasteiger partial charge in [0, 0.05) is 6.04 Å². The zero-order valence-electron chi connectivity index (χ0n) is 11.9. The number of nitrogens with zero attached hydrogens (tertiary/aromatic N) is 1. The minimum absolute atomic E-state index is 0.593. The van der Waals surface area contributed by atoms with E-state index in [-0.39, 0.29) is 0 Å². The van der Waals surface area contributed by atoms with Gasteiger partial charge in [-0.1, -0.05) is 36.8 Å². The summed E-state index contributed by atoms with van der Waals surface area (Å²) < 4.78 is 0. The van der Waals surface area contributed by atoms with Crippen molar-refractivity contribution in [1.82, 2.24) is 10.2 Å². The Morgan fingerprint density at radius 3 is 2.67 bits per heavy atom. The van der Waals surface area contributed by atoms with E-state index in [1.54, 1.807) is 0 Å². The lowest BCUT2D eigenvalue weighted by atomic mass is 9.93. The molecule has 0 spiro atoms. The van der Waals surface area contributed by atoms with Crippen molar-refractivity contribution in [3.05, 3.63) is 35.4 Å². The van der Waals surface area contributed by atoms with Crippen LogP contribution in [0.2, 0.25) is 0 Å². The third kappa shape index (κ3) is 3.12. The molecule has 18 heavy (non-hydrogen) atoms. The average molecular weight is 246 g/mol. The standard InChI is InChI=1S/C16H26N2/c1-4-10-17-12-15-9-11-18(3)16(15)14-7-5-13(2)6-8-14/h5-8,15-17H,4,9-12H2,1-3H3. The maximum absolute atomic E-state index is 3.58. The van der Waals surface area contributed by atoms with Crippen LogP contribution in [0.15, 0.2) is 24.3 Å². The molecule has 1 fully saturated rings. The molecule has 1 N–H and O–H groups in total. The smallest absolute Gasteiger partial charge is 0.0385 e. The third-order valence-electron chi connectivity index (χ3n) is 4.03. The van der Waals surface area contributed by atoms with E-state index in [0.717, 1.165) is 19.0 Å². The Morgan fingerprint density at radius 1 is 1.28 bits per heavy atom. The molecule has 2 unspecified atom stereocenters. The second-order valence-corrected chi connectivity index (χ2v) is 5.59. The fourth-order valence-electron chi connectivity index (χ4n) is 2.99. The molecule has 2 atom stereocenters. The van der Waals surface area contributed by atoms with Crippen LogP contribution in [-0.4, -0.2) is 31.6 Å². The summed E-state index contributed by atoms with van der Waals surface area (Å²) >= 11 is 0. The average Bonchev–Trinajstić information content (AvgIpc) is 2.72. The summed E-state index contributed by atoms with van der Waals surface area (Å²) in [5.41, 5.74) is 2.82. The molecule has 0 radical (unpaired) electrons. The summed E-state index contributed by atoms with van der Waals surface area (Å²) in [5.74, 6) is 0.754. The molecule has 2 rings (SSSR count). The quantitative estimate of drug-likeness (QED) is 0.804. The number of aryl methyl sites for hydroxylation is 1. The molecule has 1 aliphatic heterocycles. The van der Waals surface area contributed by atoms with Crippen LogP contribution in [0.5, 0.6) is 0 Å². The van der Waals surface area contributed by atoms with E-state index in [1.165, 1.54) is 30.5 Å². The predicted molar refractivity (Wildman–Crippen MR) is 77.8 cm³/mol. The van der Waals surface area contributed by atoms with E-state index < -0.39 is 0 Å². The van der Waals surface area contributed by atoms with Gasteiger partial charge in [0.15, 0.2) is 0 Å². The van der Waals surface area contributed by atoms with Crippen LogP contribution in [0.3, 0.4) is 0 Å². The first-order valence-electron chi connectivity index (χ1n) is 7.20. The summed E-state index contributed by atoms with van der Waals surface area (Å²) in [6, 6.07) is 9.66. The Morgan fingerprint density at radius 2 is 2.00 bits per heavy atom. The molecule has 0 aliphatic carbocycles. The minimum atomic E-state index is 0.593. The van der Waals surface area contributed by atoms with Crippen LogP contribution in [0.4, 0.5) is 0 Å². The van der Waals surface area contributed by atoms with Crippen molar-refractivity contribution in [3.63, 3.8) is 0 Å². The molecule has 100 valence electrons. The van der Waals surface area contributed by atoms with E-state index in [4.69, 9.17) is 0 Å². The summed E-state index contributed by atoms with van der Waals surface area (Å²) in [4.78, 5) is 2.50. The zero-order chi connectivity index (χ0) is 13.0. The van der Waals surface area contributed by atoms with Gasteiger partial charge in [-0.2, -0.15) is 0 Å². The largest absolute Gasteiger partial charge is 0.316 e. The molecule has 1 aromatic rings. The van der Waals surface area contributed by atoms with Gasteiger partial charge in [-0.25, -0.2) is 0 Å². The highest BCUT2D eigenvalue weighted by Crippen LogP contribution is 2.35. The van der Waals surface area contributed by atoms with E-state index >= 15 is 0 Å². The topological polar surface area (TPSA) is 15.3 Å². The van der Waals surface area contributed by atoms with Crippen molar-refractivity contribution in [2.45, 2.75) is 32.7 Å². The molecule has 2 nitrogen and oxygen atoms in total. The molecule has 1 aliphatic rings. The molecular formula is C16H26N2. The minimum Gasteiger partial charge on any atom is -0.316 e. The molecule has 1 aromatic carbocycles. The summed E-state index contributed by atoms with van der Waals surface area (Å²) in [6.45, 7) is 7.89. The van der Waals surface area contributed by atoms with E-state index in [1.807, 2.05) is 0 Å². The number of hydrogen-bond donors (Lipinski definition) is 1. The maximum atomic E-state index is 3.58. The van der Waals surface area contributed by atoms with E-state index in [9.17, 15) is 0 Å². The number of rotatable bonds is 5. The lowest BCUT2D eigenvalue weighted by Crippen LogP contribution is -2.28.